The largest absolute Gasteiger partial charge is 0.490 e. The van der Waals surface area contributed by atoms with Gasteiger partial charge in [-0.25, -0.2) is 0 Å². The van der Waals surface area contributed by atoms with Gasteiger partial charge < -0.3 is 19.5 Å². The summed E-state index contributed by atoms with van der Waals surface area (Å²) in [5.41, 5.74) is 1.51. The van der Waals surface area contributed by atoms with E-state index in [1.165, 1.54) is 6.08 Å². The Morgan fingerprint density at radius 3 is 2.61 bits per heavy atom. The first-order chi connectivity index (χ1) is 15.0. The molecule has 0 aliphatic rings. The summed E-state index contributed by atoms with van der Waals surface area (Å²) in [6.07, 6.45) is 2.18. The van der Waals surface area contributed by atoms with Gasteiger partial charge in [-0.3, -0.25) is 4.79 Å². The van der Waals surface area contributed by atoms with Crippen LogP contribution in [-0.4, -0.2) is 32.8 Å². The van der Waals surface area contributed by atoms with E-state index in [0.717, 1.165) is 5.56 Å². The van der Waals surface area contributed by atoms with Gasteiger partial charge in [-0.15, -0.1) is 0 Å². The van der Waals surface area contributed by atoms with Crippen LogP contribution in [0.25, 0.3) is 6.08 Å². The number of carbonyl (C=O) groups excluding carboxylic acids is 1. The van der Waals surface area contributed by atoms with Gasteiger partial charge in [-0.2, -0.15) is 5.26 Å². The van der Waals surface area contributed by atoms with Crippen molar-refractivity contribution in [3.63, 3.8) is 0 Å². The van der Waals surface area contributed by atoms with E-state index in [2.05, 4.69) is 5.32 Å². The van der Waals surface area contributed by atoms with E-state index in [4.69, 9.17) is 37.4 Å². The molecule has 0 heterocycles. The number of nitrogens with one attached hydrogen (secondary N) is 1. The molecule has 0 aliphatic heterocycles. The number of nitrogens with zero attached hydrogens (tertiary/aromatic N) is 1. The average Bonchev–Trinajstić information content (AvgIpc) is 2.76. The van der Waals surface area contributed by atoms with Crippen LogP contribution in [0.3, 0.4) is 0 Å². The molecular weight excluding hydrogens is 439 g/mol. The highest BCUT2D eigenvalue weighted by Gasteiger charge is 2.11. The number of hydrogen-bond donors (Lipinski definition) is 1. The van der Waals surface area contributed by atoms with Crippen molar-refractivity contribution < 1.29 is 19.0 Å². The first-order valence-corrected chi connectivity index (χ1v) is 10.5. The molecule has 0 saturated heterocycles. The highest BCUT2D eigenvalue weighted by molar-refractivity contribution is 6.42. The van der Waals surface area contributed by atoms with E-state index in [1.807, 2.05) is 19.1 Å². The summed E-state index contributed by atoms with van der Waals surface area (Å²) in [5, 5.41) is 13.0. The summed E-state index contributed by atoms with van der Waals surface area (Å²) >= 11 is 12.0. The van der Waals surface area contributed by atoms with Crippen LogP contribution < -0.4 is 14.8 Å². The molecule has 6 nitrogen and oxygen atoms in total. The van der Waals surface area contributed by atoms with Gasteiger partial charge in [-0.05, 0) is 54.8 Å². The molecule has 1 amide bonds. The molecule has 0 unspecified atom stereocenters. The van der Waals surface area contributed by atoms with Crippen LogP contribution in [0.15, 0.2) is 42.0 Å². The molecule has 0 spiro atoms. The highest BCUT2D eigenvalue weighted by Crippen LogP contribution is 2.31. The van der Waals surface area contributed by atoms with E-state index in [0.29, 0.717) is 53.3 Å². The summed E-state index contributed by atoms with van der Waals surface area (Å²) in [6, 6.07) is 12.4. The molecule has 0 radical (unpaired) electrons. The van der Waals surface area contributed by atoms with E-state index >= 15 is 0 Å². The number of rotatable bonds is 11. The summed E-state index contributed by atoms with van der Waals surface area (Å²) in [5.74, 6) is 0.609. The monoisotopic (exact) mass is 462 g/mol. The Hall–Kier alpha value is -2.72. The minimum absolute atomic E-state index is 0.00402. The number of ether oxygens (including phenoxy) is 3. The van der Waals surface area contributed by atoms with Gasteiger partial charge in [0.05, 0.1) is 16.7 Å². The van der Waals surface area contributed by atoms with Gasteiger partial charge in [0.1, 0.15) is 18.2 Å². The van der Waals surface area contributed by atoms with Crippen molar-refractivity contribution in [3.8, 4) is 17.6 Å². The second kappa shape index (κ2) is 12.9. The second-order valence-corrected chi connectivity index (χ2v) is 7.26. The Morgan fingerprint density at radius 1 is 1.13 bits per heavy atom. The second-order valence-electron chi connectivity index (χ2n) is 6.45. The predicted molar refractivity (Wildman–Crippen MR) is 121 cm³/mol. The number of hydrogen-bond acceptors (Lipinski definition) is 5. The maximum atomic E-state index is 12.2. The van der Waals surface area contributed by atoms with Crippen LogP contribution in [0.2, 0.25) is 10.0 Å². The summed E-state index contributed by atoms with van der Waals surface area (Å²) in [6.45, 7) is 3.53. The number of carbonyl (C=O) groups is 1. The molecule has 2 aromatic carbocycles. The van der Waals surface area contributed by atoms with Gasteiger partial charge in [-0.1, -0.05) is 35.3 Å². The molecule has 0 atom stereocenters. The lowest BCUT2D eigenvalue weighted by atomic mass is 10.1. The first kappa shape index (κ1) is 24.5. The van der Waals surface area contributed by atoms with Crippen LogP contribution in [-0.2, 0) is 16.1 Å². The van der Waals surface area contributed by atoms with Crippen molar-refractivity contribution in [3.05, 3.63) is 63.1 Å². The SMILES string of the molecule is CCOc1cc(/C=C(\C#N)C(=O)NCCCOC)ccc1OCc1ccc(Cl)c(Cl)c1. The van der Waals surface area contributed by atoms with Crippen molar-refractivity contribution >= 4 is 35.2 Å². The summed E-state index contributed by atoms with van der Waals surface area (Å²) in [7, 11) is 1.59. The zero-order valence-corrected chi connectivity index (χ0v) is 18.9. The number of benzene rings is 2. The summed E-state index contributed by atoms with van der Waals surface area (Å²) < 4.78 is 16.5. The van der Waals surface area contributed by atoms with Crippen molar-refractivity contribution in [1.29, 1.82) is 5.26 Å². The lowest BCUT2D eigenvalue weighted by molar-refractivity contribution is -0.117. The molecule has 2 rings (SSSR count). The lowest BCUT2D eigenvalue weighted by Crippen LogP contribution is -2.26. The van der Waals surface area contributed by atoms with Gasteiger partial charge in [0.15, 0.2) is 11.5 Å². The quantitative estimate of drug-likeness (QED) is 0.287. The number of nitriles is 1. The van der Waals surface area contributed by atoms with Crippen molar-refractivity contribution in [2.24, 2.45) is 0 Å². The molecule has 1 N–H and O–H groups in total. The van der Waals surface area contributed by atoms with Crippen LogP contribution in [0.4, 0.5) is 0 Å². The molecular formula is C23H24Cl2N2O4. The molecule has 2 aromatic rings. The zero-order valence-electron chi connectivity index (χ0n) is 17.4. The topological polar surface area (TPSA) is 80.6 Å². The molecule has 0 aromatic heterocycles. The highest BCUT2D eigenvalue weighted by atomic mass is 35.5. The molecule has 0 aliphatic carbocycles. The zero-order chi connectivity index (χ0) is 22.6. The van der Waals surface area contributed by atoms with E-state index < -0.39 is 5.91 Å². The molecule has 0 fully saturated rings. The van der Waals surface area contributed by atoms with Gasteiger partial charge in [0, 0.05) is 20.3 Å². The predicted octanol–water partition coefficient (Wildman–Crippen LogP) is 5.03. The number of methoxy groups -OCH3 is 1. The Labute approximate surface area is 192 Å². The molecule has 0 saturated carbocycles. The van der Waals surface area contributed by atoms with Gasteiger partial charge in [0.2, 0.25) is 0 Å². The fraction of sp³-hybridized carbons (Fsp3) is 0.304. The standard InChI is InChI=1S/C23H24Cl2N2O4/c1-3-30-22-13-16(11-18(14-26)23(28)27-9-4-10-29-2)6-8-21(22)31-15-17-5-7-19(24)20(25)12-17/h5-8,11-13H,3-4,9-10,15H2,1-2H3,(H,27,28)/b18-11+. The Kier molecular flexibility index (Phi) is 10.2. The van der Waals surface area contributed by atoms with Gasteiger partial charge in [0.25, 0.3) is 5.91 Å². The molecule has 31 heavy (non-hydrogen) atoms. The van der Waals surface area contributed by atoms with Crippen molar-refractivity contribution in [2.75, 3.05) is 26.9 Å². The molecule has 0 bridgehead atoms. The van der Waals surface area contributed by atoms with E-state index in [-0.39, 0.29) is 12.2 Å². The summed E-state index contributed by atoms with van der Waals surface area (Å²) in [4.78, 5) is 12.2. The fourth-order valence-electron chi connectivity index (χ4n) is 2.62. The van der Waals surface area contributed by atoms with Crippen molar-refractivity contribution in [2.45, 2.75) is 20.0 Å². The van der Waals surface area contributed by atoms with Crippen LogP contribution in [0, 0.1) is 11.3 Å². The van der Waals surface area contributed by atoms with Crippen LogP contribution >= 0.6 is 23.2 Å². The fourth-order valence-corrected chi connectivity index (χ4v) is 2.94. The Balaban J connectivity index is 2.13. The molecule has 8 heteroatoms. The van der Waals surface area contributed by atoms with Crippen molar-refractivity contribution in [1.82, 2.24) is 5.32 Å². The average molecular weight is 463 g/mol. The maximum Gasteiger partial charge on any atom is 0.261 e. The van der Waals surface area contributed by atoms with Crippen LogP contribution in [0.5, 0.6) is 11.5 Å². The Morgan fingerprint density at radius 2 is 1.94 bits per heavy atom. The third-order valence-corrected chi connectivity index (χ3v) is 4.87. The molecule has 164 valence electrons. The van der Waals surface area contributed by atoms with Gasteiger partial charge >= 0.3 is 0 Å². The minimum Gasteiger partial charge on any atom is -0.490 e. The maximum absolute atomic E-state index is 12.2. The van der Waals surface area contributed by atoms with E-state index in [9.17, 15) is 10.1 Å². The third kappa shape index (κ3) is 7.80. The lowest BCUT2D eigenvalue weighted by Gasteiger charge is -2.13. The smallest absolute Gasteiger partial charge is 0.261 e. The third-order valence-electron chi connectivity index (χ3n) is 4.13. The Bertz CT molecular complexity index is 971. The normalized spacial score (nSPS) is 11.0. The number of amides is 1. The van der Waals surface area contributed by atoms with Crippen LogP contribution in [0.1, 0.15) is 24.5 Å². The minimum atomic E-state index is -0.434. The van der Waals surface area contributed by atoms with E-state index in [1.54, 1.807) is 37.4 Å². The number of halogens is 2. The first-order valence-electron chi connectivity index (χ1n) is 9.71.